The molecule has 3 N–H and O–H groups in total. The van der Waals surface area contributed by atoms with Crippen molar-refractivity contribution in [3.63, 3.8) is 0 Å². The molecule has 0 spiro atoms. The van der Waals surface area contributed by atoms with E-state index in [0.717, 1.165) is 60.2 Å². The summed E-state index contributed by atoms with van der Waals surface area (Å²) in [5.41, 5.74) is 5.17. The first-order valence-electron chi connectivity index (χ1n) is 12.1. The highest BCUT2D eigenvalue weighted by Crippen LogP contribution is 2.51. The van der Waals surface area contributed by atoms with E-state index in [2.05, 4.69) is 30.3 Å². The zero-order valence-electron chi connectivity index (χ0n) is 20.0. The van der Waals surface area contributed by atoms with Crippen molar-refractivity contribution < 1.29 is 19.7 Å². The Morgan fingerprint density at radius 2 is 1.03 bits per heavy atom. The van der Waals surface area contributed by atoms with Gasteiger partial charge in [-0.15, -0.1) is 0 Å². The zero-order valence-corrected chi connectivity index (χ0v) is 20.0. The van der Waals surface area contributed by atoms with E-state index in [1.807, 2.05) is 60.7 Å². The summed E-state index contributed by atoms with van der Waals surface area (Å²) in [5, 5.41) is 38.1. The molecule has 1 heterocycles. The SMILES string of the molecule is Cc1c(O)cc(O)c(-c2c3ccccc3c(-c3ccc4oc5ccccc5c4c3)c3ccccc23)c1O. The first-order valence-corrected chi connectivity index (χ1v) is 12.1. The molecule has 0 amide bonds. The molecule has 0 aliphatic carbocycles. The second-order valence-electron chi connectivity index (χ2n) is 9.41. The van der Waals surface area contributed by atoms with Crippen LogP contribution in [0.1, 0.15) is 5.56 Å². The number of aromatic hydroxyl groups is 3. The van der Waals surface area contributed by atoms with Crippen molar-refractivity contribution in [1.29, 1.82) is 0 Å². The number of hydrogen-bond donors (Lipinski definition) is 3. The smallest absolute Gasteiger partial charge is 0.135 e. The lowest BCUT2D eigenvalue weighted by Crippen LogP contribution is -1.92. The van der Waals surface area contributed by atoms with Crippen LogP contribution < -0.4 is 0 Å². The molecular formula is C33H22O4. The van der Waals surface area contributed by atoms with Gasteiger partial charge in [0.2, 0.25) is 0 Å². The highest BCUT2D eigenvalue weighted by molar-refractivity contribution is 6.23. The second-order valence-corrected chi connectivity index (χ2v) is 9.41. The van der Waals surface area contributed by atoms with Crippen molar-refractivity contribution in [3.8, 4) is 39.5 Å². The third-order valence-corrected chi connectivity index (χ3v) is 7.35. The third-order valence-electron chi connectivity index (χ3n) is 7.35. The number of benzene rings is 6. The maximum absolute atomic E-state index is 11.1. The van der Waals surface area contributed by atoms with Crippen LogP contribution in [0.4, 0.5) is 0 Å². The Morgan fingerprint density at radius 3 is 1.68 bits per heavy atom. The lowest BCUT2D eigenvalue weighted by atomic mass is 9.85. The van der Waals surface area contributed by atoms with Crippen LogP contribution >= 0.6 is 0 Å². The molecule has 37 heavy (non-hydrogen) atoms. The quantitative estimate of drug-likeness (QED) is 0.216. The minimum absolute atomic E-state index is 0.133. The van der Waals surface area contributed by atoms with Crippen LogP contribution in [0.2, 0.25) is 0 Å². The van der Waals surface area contributed by atoms with E-state index in [9.17, 15) is 15.3 Å². The number of furan rings is 1. The normalized spacial score (nSPS) is 11.7. The lowest BCUT2D eigenvalue weighted by Gasteiger charge is -2.19. The summed E-state index contributed by atoms with van der Waals surface area (Å²) in [6.45, 7) is 1.64. The van der Waals surface area contributed by atoms with Gasteiger partial charge in [-0.1, -0.05) is 72.8 Å². The molecule has 0 radical (unpaired) electrons. The minimum Gasteiger partial charge on any atom is -0.507 e. The maximum atomic E-state index is 11.1. The second kappa shape index (κ2) is 7.77. The zero-order chi connectivity index (χ0) is 25.3. The molecular weight excluding hydrogens is 460 g/mol. The Morgan fingerprint density at radius 1 is 0.486 bits per heavy atom. The molecule has 0 unspecified atom stereocenters. The third kappa shape index (κ3) is 3.02. The first kappa shape index (κ1) is 21.3. The van der Waals surface area contributed by atoms with Crippen molar-refractivity contribution in [1.82, 2.24) is 0 Å². The van der Waals surface area contributed by atoms with Crippen molar-refractivity contribution >= 4 is 43.5 Å². The molecule has 7 rings (SSSR count). The summed E-state index contributed by atoms with van der Waals surface area (Å²) in [7, 11) is 0. The van der Waals surface area contributed by atoms with Crippen LogP contribution in [0.3, 0.4) is 0 Å². The van der Waals surface area contributed by atoms with Gasteiger partial charge in [-0.25, -0.2) is 0 Å². The van der Waals surface area contributed by atoms with Crippen molar-refractivity contribution in [2.75, 3.05) is 0 Å². The molecule has 6 aromatic carbocycles. The van der Waals surface area contributed by atoms with Gasteiger partial charge in [0, 0.05) is 28.0 Å². The van der Waals surface area contributed by atoms with E-state index in [1.54, 1.807) is 6.92 Å². The number of rotatable bonds is 2. The lowest BCUT2D eigenvalue weighted by molar-refractivity contribution is 0.425. The van der Waals surface area contributed by atoms with Crippen LogP contribution in [0, 0.1) is 6.92 Å². The van der Waals surface area contributed by atoms with Gasteiger partial charge in [0.1, 0.15) is 28.4 Å². The van der Waals surface area contributed by atoms with Gasteiger partial charge in [0.25, 0.3) is 0 Å². The molecule has 4 nitrogen and oxygen atoms in total. The van der Waals surface area contributed by atoms with E-state index >= 15 is 0 Å². The van der Waals surface area contributed by atoms with Crippen molar-refractivity contribution in [3.05, 3.63) is 103 Å². The van der Waals surface area contributed by atoms with Gasteiger partial charge >= 0.3 is 0 Å². The maximum Gasteiger partial charge on any atom is 0.135 e. The van der Waals surface area contributed by atoms with E-state index in [-0.39, 0.29) is 17.2 Å². The molecule has 0 atom stereocenters. The molecule has 178 valence electrons. The molecule has 1 aromatic heterocycles. The van der Waals surface area contributed by atoms with Crippen molar-refractivity contribution in [2.45, 2.75) is 6.92 Å². The Balaban J connectivity index is 1.64. The van der Waals surface area contributed by atoms with Crippen LogP contribution in [-0.4, -0.2) is 15.3 Å². The fourth-order valence-electron chi connectivity index (χ4n) is 5.58. The van der Waals surface area contributed by atoms with Crippen LogP contribution in [-0.2, 0) is 0 Å². The van der Waals surface area contributed by atoms with E-state index < -0.39 is 0 Å². The number of fused-ring (bicyclic) bond motifs is 5. The molecule has 0 aliphatic rings. The average molecular weight is 483 g/mol. The summed E-state index contributed by atoms with van der Waals surface area (Å²) in [4.78, 5) is 0. The predicted molar refractivity (Wildman–Crippen MR) is 149 cm³/mol. The molecule has 0 fully saturated rings. The predicted octanol–water partition coefficient (Wildman–Crippen LogP) is 8.65. The molecule has 0 bridgehead atoms. The topological polar surface area (TPSA) is 73.8 Å². The fourth-order valence-corrected chi connectivity index (χ4v) is 5.58. The highest BCUT2D eigenvalue weighted by Gasteiger charge is 2.23. The van der Waals surface area contributed by atoms with E-state index in [0.29, 0.717) is 11.1 Å². The van der Waals surface area contributed by atoms with Gasteiger partial charge in [-0.3, -0.25) is 0 Å². The number of phenolic OH excluding ortho intramolecular Hbond substituents is 3. The summed E-state index contributed by atoms with van der Waals surface area (Å²) in [6.07, 6.45) is 0. The number of phenols is 3. The molecule has 0 saturated heterocycles. The largest absolute Gasteiger partial charge is 0.507 e. The van der Waals surface area contributed by atoms with Gasteiger partial charge in [0.15, 0.2) is 0 Å². The number of hydrogen-bond acceptors (Lipinski definition) is 4. The molecule has 0 aliphatic heterocycles. The monoisotopic (exact) mass is 482 g/mol. The van der Waals surface area contributed by atoms with Crippen LogP contribution in [0.15, 0.2) is 101 Å². The first-order chi connectivity index (χ1) is 18.0. The summed E-state index contributed by atoms with van der Waals surface area (Å²) in [6, 6.07) is 31.7. The number of para-hydroxylation sites is 1. The van der Waals surface area contributed by atoms with Crippen LogP contribution in [0.5, 0.6) is 17.2 Å². The van der Waals surface area contributed by atoms with E-state index in [4.69, 9.17) is 4.42 Å². The Hall–Kier alpha value is -4.96. The minimum atomic E-state index is -0.171. The Labute approximate surface area is 212 Å². The Bertz CT molecular complexity index is 1970. The van der Waals surface area contributed by atoms with Gasteiger partial charge < -0.3 is 19.7 Å². The summed E-state index contributed by atoms with van der Waals surface area (Å²) >= 11 is 0. The fraction of sp³-hybridized carbons (Fsp3) is 0.0303. The summed E-state index contributed by atoms with van der Waals surface area (Å²) in [5.74, 6) is -0.452. The van der Waals surface area contributed by atoms with Gasteiger partial charge in [0.05, 0.1) is 5.56 Å². The van der Waals surface area contributed by atoms with E-state index in [1.165, 1.54) is 6.07 Å². The van der Waals surface area contributed by atoms with Crippen LogP contribution in [0.25, 0.3) is 65.7 Å². The average Bonchev–Trinajstić information content (AvgIpc) is 3.29. The molecule has 7 aromatic rings. The summed E-state index contributed by atoms with van der Waals surface area (Å²) < 4.78 is 6.07. The molecule has 0 saturated carbocycles. The van der Waals surface area contributed by atoms with Crippen molar-refractivity contribution in [2.24, 2.45) is 0 Å². The standard InChI is InChI=1S/C33H22O4/c1-18-26(34)17-27(35)32(33(18)36)31-23-11-4-2-9-21(23)30(22-10-3-5-12-24(22)31)19-14-15-29-25(16-19)20-8-6-7-13-28(20)37-29/h2-17,34-36H,1H3. The Kier molecular flexibility index (Phi) is 4.48. The van der Waals surface area contributed by atoms with Gasteiger partial charge in [-0.05, 0) is 57.8 Å². The van der Waals surface area contributed by atoms with Gasteiger partial charge in [-0.2, -0.15) is 0 Å². The highest BCUT2D eigenvalue weighted by atomic mass is 16.3. The molecule has 4 heteroatoms.